The molecule has 6 nitrogen and oxygen atoms in total. The zero-order valence-corrected chi connectivity index (χ0v) is 13.9. The first-order chi connectivity index (χ1) is 10.9. The number of esters is 2. The molecular weight excluding hydrogens is 298 g/mol. The van der Waals surface area contributed by atoms with Crippen LogP contribution in [0.4, 0.5) is 0 Å². The molecular formula is C17H23NO5. The number of hydrogen-bond donors (Lipinski definition) is 1. The normalized spacial score (nSPS) is 13.1. The summed E-state index contributed by atoms with van der Waals surface area (Å²) in [7, 11) is 0. The maximum absolute atomic E-state index is 12.4. The average Bonchev–Trinajstić information content (AvgIpc) is 2.48. The average molecular weight is 321 g/mol. The Morgan fingerprint density at radius 3 is 1.91 bits per heavy atom. The number of benzene rings is 1. The summed E-state index contributed by atoms with van der Waals surface area (Å²) >= 11 is 0. The molecule has 0 heterocycles. The number of rotatable bonds is 7. The second kappa shape index (κ2) is 8.31. The van der Waals surface area contributed by atoms with E-state index in [1.54, 1.807) is 51.1 Å². The van der Waals surface area contributed by atoms with Crippen LogP contribution in [0.2, 0.25) is 0 Å². The van der Waals surface area contributed by atoms with Crippen LogP contribution in [-0.4, -0.2) is 31.1 Å². The minimum atomic E-state index is -1.30. The van der Waals surface area contributed by atoms with Gasteiger partial charge in [0.2, 0.25) is 5.91 Å². The van der Waals surface area contributed by atoms with Crippen molar-refractivity contribution in [3.05, 3.63) is 35.9 Å². The van der Waals surface area contributed by atoms with Crippen molar-refractivity contribution in [1.82, 2.24) is 5.32 Å². The summed E-state index contributed by atoms with van der Waals surface area (Å²) in [6, 6.07) is 8.82. The van der Waals surface area contributed by atoms with Crippen LogP contribution in [0, 0.1) is 5.92 Å². The Kier molecular flexibility index (Phi) is 6.75. The highest BCUT2D eigenvalue weighted by Crippen LogP contribution is 2.32. The molecule has 0 bridgehead atoms. The van der Waals surface area contributed by atoms with E-state index in [1.807, 2.05) is 0 Å². The predicted molar refractivity (Wildman–Crippen MR) is 84.4 cm³/mol. The molecule has 0 aliphatic heterocycles. The maximum atomic E-state index is 12.4. The first-order valence-corrected chi connectivity index (χ1v) is 7.54. The van der Waals surface area contributed by atoms with Gasteiger partial charge < -0.3 is 14.8 Å². The number of carbonyl (C=O) groups excluding carboxylic acids is 3. The minimum absolute atomic E-state index is 0.125. The van der Waals surface area contributed by atoms with Crippen LogP contribution < -0.4 is 5.32 Å². The lowest BCUT2D eigenvalue weighted by Crippen LogP contribution is -2.54. The van der Waals surface area contributed by atoms with Crippen LogP contribution in [0.25, 0.3) is 0 Å². The van der Waals surface area contributed by atoms with Gasteiger partial charge in [0, 0.05) is 6.92 Å². The Bertz CT molecular complexity index is 539. The molecule has 6 heteroatoms. The summed E-state index contributed by atoms with van der Waals surface area (Å²) < 4.78 is 10.1. The number of hydrogen-bond acceptors (Lipinski definition) is 5. The van der Waals surface area contributed by atoms with Crippen molar-refractivity contribution in [2.45, 2.75) is 33.2 Å². The highest BCUT2D eigenvalue weighted by Gasteiger charge is 2.48. The molecule has 0 saturated heterocycles. The molecule has 1 rings (SSSR count). The predicted octanol–water partition coefficient (Wildman–Crippen LogP) is 1.78. The molecule has 126 valence electrons. The van der Waals surface area contributed by atoms with E-state index in [2.05, 4.69) is 5.32 Å². The fourth-order valence-electron chi connectivity index (χ4n) is 2.48. The highest BCUT2D eigenvalue weighted by atomic mass is 16.6. The Morgan fingerprint density at radius 1 is 1.04 bits per heavy atom. The van der Waals surface area contributed by atoms with E-state index in [1.165, 1.54) is 6.92 Å². The van der Waals surface area contributed by atoms with E-state index in [4.69, 9.17) is 9.47 Å². The Balaban J connectivity index is 3.39. The second-order valence-corrected chi connectivity index (χ2v) is 5.19. The van der Waals surface area contributed by atoms with E-state index in [9.17, 15) is 14.4 Å². The molecule has 1 N–H and O–H groups in total. The van der Waals surface area contributed by atoms with Gasteiger partial charge in [-0.1, -0.05) is 30.3 Å². The minimum Gasteiger partial charge on any atom is -0.465 e. The van der Waals surface area contributed by atoms with E-state index in [0.29, 0.717) is 5.56 Å². The third-order valence-electron chi connectivity index (χ3n) is 3.43. The lowest BCUT2D eigenvalue weighted by Gasteiger charge is -2.35. The fourth-order valence-corrected chi connectivity index (χ4v) is 2.48. The first kappa shape index (κ1) is 18.7. The lowest BCUT2D eigenvalue weighted by atomic mass is 9.79. The van der Waals surface area contributed by atoms with Gasteiger partial charge >= 0.3 is 11.9 Å². The van der Waals surface area contributed by atoms with Gasteiger partial charge in [-0.15, -0.1) is 0 Å². The van der Waals surface area contributed by atoms with Crippen LogP contribution >= 0.6 is 0 Å². The van der Waals surface area contributed by atoms with Gasteiger partial charge in [-0.2, -0.15) is 0 Å². The monoisotopic (exact) mass is 321 g/mol. The summed E-state index contributed by atoms with van der Waals surface area (Å²) in [6.45, 7) is 6.49. The third kappa shape index (κ3) is 4.55. The van der Waals surface area contributed by atoms with Gasteiger partial charge in [-0.25, -0.2) is 0 Å². The van der Waals surface area contributed by atoms with Crippen LogP contribution in [0.5, 0.6) is 0 Å². The van der Waals surface area contributed by atoms with Gasteiger partial charge in [-0.05, 0) is 26.3 Å². The van der Waals surface area contributed by atoms with Crippen LogP contribution in [0.1, 0.15) is 33.3 Å². The maximum Gasteiger partial charge on any atom is 0.323 e. The van der Waals surface area contributed by atoms with Gasteiger partial charge in [-0.3, -0.25) is 14.4 Å². The quantitative estimate of drug-likeness (QED) is 0.611. The SMILES string of the molecule is CCOC(=O)C(C(=O)OCC)C(C)(NC(C)=O)c1ccccc1. The second-order valence-electron chi connectivity index (χ2n) is 5.19. The zero-order valence-electron chi connectivity index (χ0n) is 13.9. The number of ether oxygens (including phenoxy) is 2. The molecule has 0 radical (unpaired) electrons. The van der Waals surface area contributed by atoms with Crippen molar-refractivity contribution in [2.75, 3.05) is 13.2 Å². The van der Waals surface area contributed by atoms with Gasteiger partial charge in [0.05, 0.1) is 18.8 Å². The highest BCUT2D eigenvalue weighted by molar-refractivity contribution is 5.97. The Morgan fingerprint density at radius 2 is 1.52 bits per heavy atom. The molecule has 23 heavy (non-hydrogen) atoms. The van der Waals surface area contributed by atoms with Crippen LogP contribution in [0.15, 0.2) is 30.3 Å². The fraction of sp³-hybridized carbons (Fsp3) is 0.471. The molecule has 1 aromatic carbocycles. The van der Waals surface area contributed by atoms with E-state index < -0.39 is 23.4 Å². The Hall–Kier alpha value is -2.37. The van der Waals surface area contributed by atoms with E-state index in [-0.39, 0.29) is 19.1 Å². The van der Waals surface area contributed by atoms with Crippen LogP contribution in [-0.2, 0) is 29.4 Å². The molecule has 1 aromatic rings. The summed E-state index contributed by atoms with van der Waals surface area (Å²) in [5.74, 6) is -3.12. The molecule has 0 fully saturated rings. The van der Waals surface area contributed by atoms with Crippen molar-refractivity contribution >= 4 is 17.8 Å². The van der Waals surface area contributed by atoms with Crippen LogP contribution in [0.3, 0.4) is 0 Å². The zero-order chi connectivity index (χ0) is 17.5. The Labute approximate surface area is 136 Å². The van der Waals surface area contributed by atoms with Crippen molar-refractivity contribution in [2.24, 2.45) is 5.92 Å². The van der Waals surface area contributed by atoms with Gasteiger partial charge in [0.15, 0.2) is 5.92 Å². The topological polar surface area (TPSA) is 81.7 Å². The molecule has 0 aliphatic carbocycles. The standard InChI is InChI=1S/C17H23NO5/c1-5-22-15(20)14(16(21)23-6-2)17(4,18-12(3)19)13-10-8-7-9-11-13/h7-11,14H,5-6H2,1-4H3,(H,18,19). The smallest absolute Gasteiger partial charge is 0.323 e. The number of nitrogens with one attached hydrogen (secondary N) is 1. The van der Waals surface area contributed by atoms with Gasteiger partial charge in [0.1, 0.15) is 0 Å². The lowest BCUT2D eigenvalue weighted by molar-refractivity contribution is -0.166. The largest absolute Gasteiger partial charge is 0.465 e. The molecule has 0 aliphatic rings. The van der Waals surface area contributed by atoms with E-state index in [0.717, 1.165) is 0 Å². The summed E-state index contributed by atoms with van der Waals surface area (Å²) in [5.41, 5.74) is -0.660. The summed E-state index contributed by atoms with van der Waals surface area (Å²) in [4.78, 5) is 36.5. The molecule has 1 amide bonds. The molecule has 0 aromatic heterocycles. The third-order valence-corrected chi connectivity index (χ3v) is 3.43. The first-order valence-electron chi connectivity index (χ1n) is 7.54. The molecule has 1 atom stereocenters. The van der Waals surface area contributed by atoms with E-state index >= 15 is 0 Å². The molecule has 1 unspecified atom stereocenters. The number of amides is 1. The van der Waals surface area contributed by atoms with Crippen molar-refractivity contribution in [3.8, 4) is 0 Å². The summed E-state index contributed by atoms with van der Waals surface area (Å²) in [5, 5.41) is 2.71. The number of carbonyl (C=O) groups is 3. The van der Waals surface area contributed by atoms with Gasteiger partial charge in [0.25, 0.3) is 0 Å². The molecule has 0 spiro atoms. The van der Waals surface area contributed by atoms with Crippen molar-refractivity contribution in [3.63, 3.8) is 0 Å². The van der Waals surface area contributed by atoms with Crippen molar-refractivity contribution < 1.29 is 23.9 Å². The summed E-state index contributed by atoms with van der Waals surface area (Å²) in [6.07, 6.45) is 0. The molecule has 0 saturated carbocycles. The van der Waals surface area contributed by atoms with Crippen molar-refractivity contribution in [1.29, 1.82) is 0 Å².